The summed E-state index contributed by atoms with van der Waals surface area (Å²) < 4.78 is 44.4. The monoisotopic (exact) mass is 387 g/mol. The van der Waals surface area contributed by atoms with Gasteiger partial charge in [0.2, 0.25) is 0 Å². The Morgan fingerprint density at radius 2 is 1.68 bits per heavy atom. The van der Waals surface area contributed by atoms with Crippen molar-refractivity contribution in [2.45, 2.75) is 12.6 Å². The molecule has 0 saturated carbocycles. The molecule has 0 spiro atoms. The van der Waals surface area contributed by atoms with Gasteiger partial charge in [-0.15, -0.1) is 0 Å². The van der Waals surface area contributed by atoms with Crippen LogP contribution < -0.4 is 16.2 Å². The molecule has 0 aromatic heterocycles. The van der Waals surface area contributed by atoms with Crippen molar-refractivity contribution >= 4 is 16.7 Å². The van der Waals surface area contributed by atoms with Crippen molar-refractivity contribution in [2.24, 2.45) is 16.5 Å². The normalized spacial score (nSPS) is 11.4. The minimum atomic E-state index is -4.43. The third-order valence-corrected chi connectivity index (χ3v) is 4.51. The predicted molar refractivity (Wildman–Crippen MR) is 105 cm³/mol. The molecule has 0 saturated heterocycles. The van der Waals surface area contributed by atoms with E-state index in [0.717, 1.165) is 34.0 Å². The Bertz CT molecular complexity index is 1030. The van der Waals surface area contributed by atoms with Crippen LogP contribution in [-0.2, 0) is 12.6 Å². The van der Waals surface area contributed by atoms with Gasteiger partial charge >= 0.3 is 6.18 Å². The summed E-state index contributed by atoms with van der Waals surface area (Å²) in [7, 11) is 1.37. The second-order valence-corrected chi connectivity index (χ2v) is 6.29. The van der Waals surface area contributed by atoms with Gasteiger partial charge in [0.25, 0.3) is 0 Å². The molecular weight excluding hydrogens is 367 g/mol. The fourth-order valence-electron chi connectivity index (χ4n) is 3.22. The molecule has 3 rings (SSSR count). The first-order chi connectivity index (χ1) is 13.3. The molecule has 0 aliphatic heterocycles. The summed E-state index contributed by atoms with van der Waals surface area (Å²) in [5, 5.41) is 1.91. The van der Waals surface area contributed by atoms with Gasteiger partial charge in [-0.25, -0.2) is 0 Å². The number of nitrogens with zero attached hydrogens (tertiary/aromatic N) is 1. The number of halogens is 3. The molecule has 146 valence electrons. The number of aliphatic imine (C=N–C) groups is 1. The van der Waals surface area contributed by atoms with Crippen molar-refractivity contribution in [3.8, 4) is 16.9 Å². The summed E-state index contributed by atoms with van der Waals surface area (Å²) in [5.41, 5.74) is 12.5. The van der Waals surface area contributed by atoms with Crippen molar-refractivity contribution in [3.63, 3.8) is 0 Å². The van der Waals surface area contributed by atoms with Crippen LogP contribution >= 0.6 is 0 Å². The highest BCUT2D eigenvalue weighted by Crippen LogP contribution is 2.39. The van der Waals surface area contributed by atoms with E-state index in [1.807, 2.05) is 36.4 Å². The van der Waals surface area contributed by atoms with Gasteiger partial charge in [0.15, 0.2) is 5.96 Å². The first-order valence-corrected chi connectivity index (χ1v) is 8.63. The lowest BCUT2D eigenvalue weighted by Gasteiger charge is -2.15. The topological polar surface area (TPSA) is 73.6 Å². The molecule has 0 heterocycles. The van der Waals surface area contributed by atoms with E-state index in [4.69, 9.17) is 16.2 Å². The summed E-state index contributed by atoms with van der Waals surface area (Å²) in [6, 6.07) is 15.1. The van der Waals surface area contributed by atoms with Crippen LogP contribution in [0.1, 0.15) is 11.1 Å². The second-order valence-electron chi connectivity index (χ2n) is 6.29. The van der Waals surface area contributed by atoms with E-state index < -0.39 is 11.7 Å². The number of hydrogen-bond donors (Lipinski definition) is 2. The molecule has 28 heavy (non-hydrogen) atoms. The quantitative estimate of drug-likeness (QED) is 0.505. The van der Waals surface area contributed by atoms with Crippen LogP contribution in [0.15, 0.2) is 59.6 Å². The average Bonchev–Trinajstić information content (AvgIpc) is 2.66. The van der Waals surface area contributed by atoms with Crippen LogP contribution in [0.25, 0.3) is 21.9 Å². The van der Waals surface area contributed by atoms with Gasteiger partial charge in [0.1, 0.15) is 5.75 Å². The zero-order valence-electron chi connectivity index (χ0n) is 15.3. The predicted octanol–water partition coefficient (Wildman–Crippen LogP) is 4.35. The number of guanidine groups is 1. The smallest absolute Gasteiger partial charge is 0.416 e. The van der Waals surface area contributed by atoms with Crippen LogP contribution in [0.2, 0.25) is 0 Å². The Kier molecular flexibility index (Phi) is 5.44. The molecular formula is C21H20F3N3O. The van der Waals surface area contributed by atoms with Crippen molar-refractivity contribution in [2.75, 3.05) is 13.7 Å². The molecule has 0 aliphatic carbocycles. The lowest BCUT2D eigenvalue weighted by molar-refractivity contribution is -0.137. The first kappa shape index (κ1) is 19.5. The van der Waals surface area contributed by atoms with Crippen molar-refractivity contribution in [1.82, 2.24) is 0 Å². The molecule has 4 nitrogen and oxygen atoms in total. The maximum absolute atomic E-state index is 13.0. The maximum Gasteiger partial charge on any atom is 0.416 e. The average molecular weight is 387 g/mol. The Balaban J connectivity index is 2.11. The Labute approximate surface area is 160 Å². The summed E-state index contributed by atoms with van der Waals surface area (Å²) in [4.78, 5) is 4.01. The number of hydrogen-bond acceptors (Lipinski definition) is 2. The van der Waals surface area contributed by atoms with E-state index in [9.17, 15) is 13.2 Å². The van der Waals surface area contributed by atoms with Gasteiger partial charge in [0, 0.05) is 12.1 Å². The highest BCUT2D eigenvalue weighted by Gasteiger charge is 2.31. The van der Waals surface area contributed by atoms with Crippen LogP contribution in [0.5, 0.6) is 5.75 Å². The SMILES string of the molecule is COc1cc(C(F)(F)F)ccc1-c1cccc2c(CCN=C(N)N)cccc12. The summed E-state index contributed by atoms with van der Waals surface area (Å²) in [6.45, 7) is 0.454. The Hall–Kier alpha value is -3.22. The van der Waals surface area contributed by atoms with Crippen molar-refractivity contribution in [1.29, 1.82) is 0 Å². The van der Waals surface area contributed by atoms with E-state index in [2.05, 4.69) is 4.99 Å². The number of fused-ring (bicyclic) bond motifs is 1. The summed E-state index contributed by atoms with van der Waals surface area (Å²) in [6.07, 6.45) is -3.79. The number of benzene rings is 3. The zero-order chi connectivity index (χ0) is 20.3. The Morgan fingerprint density at radius 3 is 2.36 bits per heavy atom. The lowest BCUT2D eigenvalue weighted by atomic mass is 9.93. The molecule has 0 atom stereocenters. The van der Waals surface area contributed by atoms with Crippen molar-refractivity contribution in [3.05, 3.63) is 65.7 Å². The number of methoxy groups -OCH3 is 1. The summed E-state index contributed by atoms with van der Waals surface area (Å²) >= 11 is 0. The van der Waals surface area contributed by atoms with E-state index in [1.54, 1.807) is 0 Å². The zero-order valence-corrected chi connectivity index (χ0v) is 15.3. The molecule has 0 unspecified atom stereocenters. The van der Waals surface area contributed by atoms with Crippen LogP contribution in [0, 0.1) is 0 Å². The fourth-order valence-corrected chi connectivity index (χ4v) is 3.22. The number of nitrogens with two attached hydrogens (primary N) is 2. The van der Waals surface area contributed by atoms with E-state index in [-0.39, 0.29) is 11.7 Å². The number of rotatable bonds is 5. The molecule has 0 fully saturated rings. The standard InChI is InChI=1S/C21H20F3N3O/c1-28-19-12-14(21(22,23)24)8-9-18(19)17-7-3-5-15-13(4-2-6-16(15)17)10-11-27-20(25)26/h2-9,12H,10-11H2,1H3,(H4,25,26,27). The third-order valence-electron chi connectivity index (χ3n) is 4.51. The maximum atomic E-state index is 13.0. The van der Waals surface area contributed by atoms with E-state index in [1.165, 1.54) is 13.2 Å². The first-order valence-electron chi connectivity index (χ1n) is 8.63. The van der Waals surface area contributed by atoms with Gasteiger partial charge in [-0.3, -0.25) is 4.99 Å². The summed E-state index contributed by atoms with van der Waals surface area (Å²) in [5.74, 6) is 0.212. The van der Waals surface area contributed by atoms with E-state index in [0.29, 0.717) is 18.5 Å². The highest BCUT2D eigenvalue weighted by molar-refractivity contribution is 5.99. The molecule has 0 bridgehead atoms. The largest absolute Gasteiger partial charge is 0.496 e. The van der Waals surface area contributed by atoms with Crippen LogP contribution in [0.4, 0.5) is 13.2 Å². The van der Waals surface area contributed by atoms with E-state index >= 15 is 0 Å². The van der Waals surface area contributed by atoms with Crippen LogP contribution in [-0.4, -0.2) is 19.6 Å². The minimum absolute atomic E-state index is 0.0374. The minimum Gasteiger partial charge on any atom is -0.496 e. The molecule has 7 heteroatoms. The third kappa shape index (κ3) is 4.03. The van der Waals surface area contributed by atoms with Gasteiger partial charge in [0.05, 0.1) is 12.7 Å². The number of ether oxygens (including phenoxy) is 1. The van der Waals surface area contributed by atoms with Gasteiger partial charge < -0.3 is 16.2 Å². The molecule has 0 aliphatic rings. The molecule has 3 aromatic rings. The number of alkyl halides is 3. The molecule has 0 amide bonds. The molecule has 0 radical (unpaired) electrons. The molecule has 3 aromatic carbocycles. The van der Waals surface area contributed by atoms with Gasteiger partial charge in [-0.1, -0.05) is 42.5 Å². The van der Waals surface area contributed by atoms with Crippen LogP contribution in [0.3, 0.4) is 0 Å². The van der Waals surface area contributed by atoms with Gasteiger partial charge in [-0.05, 0) is 40.5 Å². The van der Waals surface area contributed by atoms with Gasteiger partial charge in [-0.2, -0.15) is 13.2 Å². The second kappa shape index (κ2) is 7.80. The highest BCUT2D eigenvalue weighted by atomic mass is 19.4. The molecule has 4 N–H and O–H groups in total. The fraction of sp³-hybridized carbons (Fsp3) is 0.190. The van der Waals surface area contributed by atoms with Crippen molar-refractivity contribution < 1.29 is 17.9 Å². The Morgan fingerprint density at radius 1 is 0.964 bits per heavy atom. The lowest BCUT2D eigenvalue weighted by Crippen LogP contribution is -2.23.